The summed E-state index contributed by atoms with van der Waals surface area (Å²) in [5.74, 6) is 0.626. The number of anilines is 1. The van der Waals surface area contributed by atoms with Crippen molar-refractivity contribution in [2.45, 2.75) is 44.7 Å². The van der Waals surface area contributed by atoms with E-state index in [2.05, 4.69) is 22.7 Å². The zero-order chi connectivity index (χ0) is 16.4. The first-order valence-electron chi connectivity index (χ1n) is 8.39. The molecule has 2 N–H and O–H groups in total. The Bertz CT molecular complexity index is 591. The lowest BCUT2D eigenvalue weighted by molar-refractivity contribution is -0.131. The molecule has 0 aromatic carbocycles. The Morgan fingerprint density at radius 1 is 1.42 bits per heavy atom. The first-order valence-corrected chi connectivity index (χ1v) is 8.39. The monoisotopic (exact) mass is 355 g/mol. The summed E-state index contributed by atoms with van der Waals surface area (Å²) < 4.78 is 1.68. The van der Waals surface area contributed by atoms with E-state index in [9.17, 15) is 9.59 Å². The highest BCUT2D eigenvalue weighted by Crippen LogP contribution is 2.21. The molecule has 0 bridgehead atoms. The molecular formula is C16H26ClN5O2. The van der Waals surface area contributed by atoms with Crippen LogP contribution < -0.4 is 15.5 Å². The van der Waals surface area contributed by atoms with Crippen LogP contribution in [0.2, 0.25) is 0 Å². The predicted octanol–water partition coefficient (Wildman–Crippen LogP) is 0.842. The van der Waals surface area contributed by atoms with Crippen LogP contribution >= 0.6 is 12.4 Å². The number of hydrogen-bond acceptors (Lipinski definition) is 4. The van der Waals surface area contributed by atoms with Gasteiger partial charge in [-0.2, -0.15) is 5.10 Å². The number of amides is 2. The van der Waals surface area contributed by atoms with Crippen molar-refractivity contribution in [3.8, 4) is 0 Å². The lowest BCUT2D eigenvalue weighted by Gasteiger charge is -2.33. The van der Waals surface area contributed by atoms with Gasteiger partial charge in [-0.05, 0) is 39.2 Å². The number of hydrogen-bond donors (Lipinski definition) is 2. The first-order chi connectivity index (χ1) is 11.0. The van der Waals surface area contributed by atoms with E-state index in [0.29, 0.717) is 24.8 Å². The molecule has 0 aliphatic carbocycles. The smallest absolute Gasteiger partial charge is 0.250 e. The lowest BCUT2D eigenvalue weighted by atomic mass is 9.92. The number of aryl methyl sites for hydroxylation is 1. The topological polar surface area (TPSA) is 79.3 Å². The van der Waals surface area contributed by atoms with Gasteiger partial charge in [-0.1, -0.05) is 0 Å². The van der Waals surface area contributed by atoms with E-state index in [4.69, 9.17) is 0 Å². The van der Waals surface area contributed by atoms with Crippen molar-refractivity contribution < 1.29 is 9.59 Å². The normalized spacial score (nSPS) is 27.5. The van der Waals surface area contributed by atoms with E-state index in [1.54, 1.807) is 9.58 Å². The number of nitrogens with zero attached hydrogens (tertiary/aromatic N) is 3. The van der Waals surface area contributed by atoms with Crippen molar-refractivity contribution >= 4 is 30.0 Å². The van der Waals surface area contributed by atoms with Crippen molar-refractivity contribution in [2.75, 3.05) is 18.0 Å². The van der Waals surface area contributed by atoms with E-state index < -0.39 is 6.04 Å². The quantitative estimate of drug-likeness (QED) is 0.842. The molecule has 3 atom stereocenters. The van der Waals surface area contributed by atoms with E-state index in [1.165, 1.54) is 0 Å². The van der Waals surface area contributed by atoms with Gasteiger partial charge >= 0.3 is 0 Å². The van der Waals surface area contributed by atoms with Gasteiger partial charge in [0.15, 0.2) is 5.82 Å². The number of piperidine rings is 2. The van der Waals surface area contributed by atoms with Crippen LogP contribution in [0.1, 0.15) is 32.6 Å². The molecule has 1 unspecified atom stereocenters. The Morgan fingerprint density at radius 2 is 2.21 bits per heavy atom. The van der Waals surface area contributed by atoms with Crippen LogP contribution in [0.3, 0.4) is 0 Å². The van der Waals surface area contributed by atoms with E-state index in [-0.39, 0.29) is 30.1 Å². The third-order valence-electron chi connectivity index (χ3n) is 4.73. The van der Waals surface area contributed by atoms with E-state index >= 15 is 0 Å². The van der Waals surface area contributed by atoms with Crippen molar-refractivity contribution in [3.05, 3.63) is 12.3 Å². The zero-order valence-electron chi connectivity index (χ0n) is 14.2. The Hall–Kier alpha value is -1.60. The van der Waals surface area contributed by atoms with Crippen LogP contribution in [0.25, 0.3) is 0 Å². The molecule has 24 heavy (non-hydrogen) atoms. The molecular weight excluding hydrogens is 330 g/mol. The maximum atomic E-state index is 12.7. The van der Waals surface area contributed by atoms with Gasteiger partial charge in [0.1, 0.15) is 6.04 Å². The molecule has 7 nitrogen and oxygen atoms in total. The number of rotatable bonds is 3. The van der Waals surface area contributed by atoms with Crippen LogP contribution in [0.5, 0.6) is 0 Å². The van der Waals surface area contributed by atoms with Gasteiger partial charge in [0.05, 0.1) is 0 Å². The average molecular weight is 356 g/mol. The van der Waals surface area contributed by atoms with Crippen molar-refractivity contribution in [1.82, 2.24) is 20.4 Å². The molecule has 2 aliphatic rings. The van der Waals surface area contributed by atoms with Crippen molar-refractivity contribution in [3.63, 3.8) is 0 Å². The Labute approximate surface area is 148 Å². The van der Waals surface area contributed by atoms with E-state index in [1.807, 2.05) is 19.3 Å². The van der Waals surface area contributed by atoms with Crippen LogP contribution in [0, 0.1) is 5.92 Å². The summed E-state index contributed by atoms with van der Waals surface area (Å²) in [6.45, 7) is 3.61. The molecule has 3 rings (SSSR count). The highest BCUT2D eigenvalue weighted by atomic mass is 35.5. The fourth-order valence-corrected chi connectivity index (χ4v) is 3.44. The minimum Gasteiger partial charge on any atom is -0.344 e. The molecule has 1 aromatic rings. The van der Waals surface area contributed by atoms with Crippen LogP contribution in [-0.2, 0) is 16.6 Å². The second kappa shape index (κ2) is 7.98. The molecule has 0 spiro atoms. The standard InChI is InChI=1S/C16H25N5O2.ClH/c1-11-10-12(5-7-17-11)15(22)18-13-4-3-8-21(16(13)23)14-6-9-20(2)19-14;/h6,9,11-13,17H,3-5,7-8,10H2,1-2H3,(H,18,22);1H/t11-,12-,13?;/m0./s1. The highest BCUT2D eigenvalue weighted by molar-refractivity contribution is 5.99. The van der Waals surface area contributed by atoms with Gasteiger partial charge in [-0.3, -0.25) is 19.2 Å². The zero-order valence-corrected chi connectivity index (χ0v) is 15.0. The molecule has 8 heteroatoms. The average Bonchev–Trinajstić information content (AvgIpc) is 2.95. The molecule has 1 aromatic heterocycles. The second-order valence-electron chi connectivity index (χ2n) is 6.62. The van der Waals surface area contributed by atoms with Crippen LogP contribution in [0.15, 0.2) is 12.3 Å². The third-order valence-corrected chi connectivity index (χ3v) is 4.73. The van der Waals surface area contributed by atoms with Crippen LogP contribution in [-0.4, -0.2) is 46.8 Å². The second-order valence-corrected chi connectivity index (χ2v) is 6.62. The largest absolute Gasteiger partial charge is 0.344 e. The minimum absolute atomic E-state index is 0. The fraction of sp³-hybridized carbons (Fsp3) is 0.688. The molecule has 0 radical (unpaired) electrons. The number of carbonyl (C=O) groups excluding carboxylic acids is 2. The summed E-state index contributed by atoms with van der Waals surface area (Å²) in [5.41, 5.74) is 0. The molecule has 2 amide bonds. The molecule has 2 aliphatic heterocycles. The van der Waals surface area contributed by atoms with Crippen molar-refractivity contribution in [1.29, 1.82) is 0 Å². The van der Waals surface area contributed by atoms with Gasteiger partial charge < -0.3 is 10.6 Å². The van der Waals surface area contributed by atoms with Gasteiger partial charge in [0.25, 0.3) is 5.91 Å². The third kappa shape index (κ3) is 4.08. The van der Waals surface area contributed by atoms with Gasteiger partial charge in [0.2, 0.25) is 5.91 Å². The van der Waals surface area contributed by atoms with Crippen molar-refractivity contribution in [2.24, 2.45) is 13.0 Å². The summed E-state index contributed by atoms with van der Waals surface area (Å²) in [4.78, 5) is 26.8. The molecule has 2 saturated heterocycles. The summed E-state index contributed by atoms with van der Waals surface area (Å²) in [5, 5.41) is 10.6. The number of nitrogens with one attached hydrogen (secondary N) is 2. The van der Waals surface area contributed by atoms with Crippen LogP contribution in [0.4, 0.5) is 5.82 Å². The predicted molar refractivity (Wildman–Crippen MR) is 94.2 cm³/mol. The maximum absolute atomic E-state index is 12.7. The Balaban J connectivity index is 0.00000208. The van der Waals surface area contributed by atoms with Gasteiger partial charge in [0, 0.05) is 37.8 Å². The fourth-order valence-electron chi connectivity index (χ4n) is 3.44. The van der Waals surface area contributed by atoms with Gasteiger partial charge in [-0.25, -0.2) is 0 Å². The SMILES string of the molecule is C[C@H]1C[C@@H](C(=O)NC2CCCN(c3ccn(C)n3)C2=O)CCN1.Cl. The number of aromatic nitrogens is 2. The molecule has 0 saturated carbocycles. The highest BCUT2D eigenvalue weighted by Gasteiger charge is 2.34. The van der Waals surface area contributed by atoms with E-state index in [0.717, 1.165) is 25.8 Å². The Kier molecular flexibility index (Phi) is 6.23. The summed E-state index contributed by atoms with van der Waals surface area (Å²) in [6, 6.07) is 1.76. The lowest BCUT2D eigenvalue weighted by Crippen LogP contribution is -2.54. The molecule has 2 fully saturated rings. The molecule has 3 heterocycles. The molecule has 134 valence electrons. The number of carbonyl (C=O) groups is 2. The maximum Gasteiger partial charge on any atom is 0.250 e. The number of halogens is 1. The summed E-state index contributed by atoms with van der Waals surface area (Å²) in [6.07, 6.45) is 5.06. The minimum atomic E-state index is -0.427. The van der Waals surface area contributed by atoms with Gasteiger partial charge in [-0.15, -0.1) is 12.4 Å². The first kappa shape index (κ1) is 18.7. The summed E-state index contributed by atoms with van der Waals surface area (Å²) >= 11 is 0. The Morgan fingerprint density at radius 3 is 2.88 bits per heavy atom. The summed E-state index contributed by atoms with van der Waals surface area (Å²) in [7, 11) is 1.83.